The third-order valence-electron chi connectivity index (χ3n) is 6.51. The van der Waals surface area contributed by atoms with Gasteiger partial charge in [-0.25, -0.2) is 0 Å². The molecule has 0 bridgehead atoms. The fraction of sp³-hybridized carbons (Fsp3) is 0.259. The van der Waals surface area contributed by atoms with Gasteiger partial charge < -0.3 is 9.80 Å². The molecule has 2 fully saturated rings. The topological polar surface area (TPSA) is 40.6 Å². The van der Waals surface area contributed by atoms with Gasteiger partial charge in [-0.2, -0.15) is 0 Å². The number of hydrogen-bond donors (Lipinski definition) is 0. The smallest absolute Gasteiger partial charge is 0.254 e. The third-order valence-corrected chi connectivity index (χ3v) is 8.07. The Morgan fingerprint density at radius 1 is 0.844 bits per heavy atom. The Balaban J connectivity index is 1.29. The summed E-state index contributed by atoms with van der Waals surface area (Å²) in [6.45, 7) is 2.10. The fourth-order valence-corrected chi connectivity index (χ4v) is 6.26. The molecule has 0 aromatic heterocycles. The summed E-state index contributed by atoms with van der Waals surface area (Å²) in [5.41, 5.74) is 1.79. The average molecular weight is 443 g/mol. The molecule has 2 amide bonds. The molecule has 3 aromatic carbocycles. The molecule has 3 aromatic rings. The Hall–Kier alpha value is -3.05. The van der Waals surface area contributed by atoms with Crippen LogP contribution in [0.3, 0.4) is 0 Å². The van der Waals surface area contributed by atoms with E-state index in [1.165, 1.54) is 0 Å². The largest absolute Gasteiger partial charge is 0.338 e. The Morgan fingerprint density at radius 3 is 2.38 bits per heavy atom. The molecule has 32 heavy (non-hydrogen) atoms. The molecule has 2 saturated heterocycles. The van der Waals surface area contributed by atoms with Crippen molar-refractivity contribution >= 4 is 40.4 Å². The SMILES string of the molecule is O=C(c1cccc2ccccc12)N1CCC2(CC1)SCCN2C(=O)C=Cc1ccccc1. The number of benzene rings is 3. The molecule has 2 heterocycles. The predicted molar refractivity (Wildman–Crippen MR) is 131 cm³/mol. The number of carbonyl (C=O) groups excluding carboxylic acids is 2. The second-order valence-corrected chi connectivity index (χ2v) is 9.80. The van der Waals surface area contributed by atoms with Crippen LogP contribution in [-0.4, -0.2) is 51.9 Å². The van der Waals surface area contributed by atoms with Crippen molar-refractivity contribution < 1.29 is 9.59 Å². The first-order valence-corrected chi connectivity index (χ1v) is 12.1. The first-order valence-electron chi connectivity index (χ1n) is 11.1. The van der Waals surface area contributed by atoms with E-state index in [9.17, 15) is 9.59 Å². The lowest BCUT2D eigenvalue weighted by Gasteiger charge is -2.43. The van der Waals surface area contributed by atoms with Gasteiger partial charge in [0.25, 0.3) is 5.91 Å². The minimum atomic E-state index is -0.201. The monoisotopic (exact) mass is 442 g/mol. The van der Waals surface area contributed by atoms with Crippen LogP contribution >= 0.6 is 11.8 Å². The van der Waals surface area contributed by atoms with Crippen molar-refractivity contribution in [2.75, 3.05) is 25.4 Å². The predicted octanol–water partition coefficient (Wildman–Crippen LogP) is 5.06. The lowest BCUT2D eigenvalue weighted by Crippen LogP contribution is -2.53. The maximum Gasteiger partial charge on any atom is 0.254 e. The van der Waals surface area contributed by atoms with Crippen LogP contribution in [0.25, 0.3) is 16.8 Å². The summed E-state index contributed by atoms with van der Waals surface area (Å²) < 4.78 is 0. The van der Waals surface area contributed by atoms with Crippen molar-refractivity contribution in [2.45, 2.75) is 17.7 Å². The number of carbonyl (C=O) groups is 2. The van der Waals surface area contributed by atoms with Gasteiger partial charge in [-0.15, -0.1) is 11.8 Å². The minimum absolute atomic E-state index is 0.0627. The highest BCUT2D eigenvalue weighted by Gasteiger charge is 2.46. The molecule has 0 N–H and O–H groups in total. The van der Waals surface area contributed by atoms with Crippen LogP contribution in [0.5, 0.6) is 0 Å². The maximum atomic E-state index is 13.3. The molecule has 4 nitrogen and oxygen atoms in total. The van der Waals surface area contributed by atoms with Gasteiger partial charge in [0, 0.05) is 37.0 Å². The molecule has 162 valence electrons. The van der Waals surface area contributed by atoms with Crippen LogP contribution in [0.15, 0.2) is 78.9 Å². The van der Waals surface area contributed by atoms with Gasteiger partial charge in [0.15, 0.2) is 0 Å². The molecule has 1 spiro atoms. The van der Waals surface area contributed by atoms with Gasteiger partial charge >= 0.3 is 0 Å². The van der Waals surface area contributed by atoms with Gasteiger partial charge in [0.2, 0.25) is 5.91 Å². The zero-order valence-corrected chi connectivity index (χ0v) is 18.8. The standard InChI is InChI=1S/C27H26N2O2S/c30-25(14-13-21-7-2-1-3-8-21)29-19-20-32-27(29)15-17-28(18-16-27)26(31)24-12-6-10-22-9-4-5-11-23(22)24/h1-14H,15-20H2. The number of hydrogen-bond acceptors (Lipinski definition) is 3. The second kappa shape index (κ2) is 8.83. The van der Waals surface area contributed by atoms with E-state index in [0.29, 0.717) is 13.1 Å². The number of rotatable bonds is 3. The molecule has 2 aliphatic rings. The molecule has 0 atom stereocenters. The van der Waals surface area contributed by atoms with E-state index in [4.69, 9.17) is 0 Å². The summed E-state index contributed by atoms with van der Waals surface area (Å²) in [5, 5.41) is 2.08. The van der Waals surface area contributed by atoms with E-state index >= 15 is 0 Å². The first-order chi connectivity index (χ1) is 15.7. The zero-order valence-electron chi connectivity index (χ0n) is 17.9. The van der Waals surface area contributed by atoms with Crippen LogP contribution in [0.1, 0.15) is 28.8 Å². The van der Waals surface area contributed by atoms with Gasteiger partial charge in [-0.1, -0.05) is 66.7 Å². The van der Waals surface area contributed by atoms with E-state index in [-0.39, 0.29) is 16.7 Å². The van der Waals surface area contributed by atoms with Crippen molar-refractivity contribution in [3.8, 4) is 0 Å². The van der Waals surface area contributed by atoms with Crippen LogP contribution in [0.4, 0.5) is 0 Å². The third kappa shape index (κ3) is 3.93. The number of amides is 2. The van der Waals surface area contributed by atoms with Crippen molar-refractivity contribution in [1.82, 2.24) is 9.80 Å². The van der Waals surface area contributed by atoms with E-state index in [1.807, 2.05) is 100 Å². The van der Waals surface area contributed by atoms with Gasteiger partial charge in [0.05, 0.1) is 4.87 Å². The molecule has 0 aliphatic carbocycles. The minimum Gasteiger partial charge on any atom is -0.338 e. The Bertz CT molecular complexity index is 1160. The highest BCUT2D eigenvalue weighted by Crippen LogP contribution is 2.44. The number of nitrogens with zero attached hydrogens (tertiary/aromatic N) is 2. The molecule has 0 radical (unpaired) electrons. The molecule has 5 heteroatoms. The van der Waals surface area contributed by atoms with Crippen LogP contribution in [-0.2, 0) is 4.79 Å². The number of likely N-dealkylation sites (tertiary alicyclic amines) is 1. The Kier molecular flexibility index (Phi) is 5.75. The summed E-state index contributed by atoms with van der Waals surface area (Å²) >= 11 is 1.87. The zero-order chi connectivity index (χ0) is 22.0. The average Bonchev–Trinajstić information content (AvgIpc) is 3.26. The molecular formula is C27H26N2O2S. The van der Waals surface area contributed by atoms with Crippen LogP contribution < -0.4 is 0 Å². The molecule has 0 saturated carbocycles. The Labute approximate surface area is 192 Å². The highest BCUT2D eigenvalue weighted by molar-refractivity contribution is 8.00. The summed E-state index contributed by atoms with van der Waals surface area (Å²) in [4.78, 5) is 30.1. The van der Waals surface area contributed by atoms with Gasteiger partial charge in [-0.05, 0) is 41.3 Å². The van der Waals surface area contributed by atoms with Crippen molar-refractivity contribution in [1.29, 1.82) is 0 Å². The number of fused-ring (bicyclic) bond motifs is 1. The van der Waals surface area contributed by atoms with Crippen LogP contribution in [0, 0.1) is 0 Å². The summed E-state index contributed by atoms with van der Waals surface area (Å²) in [6, 6.07) is 23.8. The maximum absolute atomic E-state index is 13.3. The first kappa shape index (κ1) is 20.8. The molecule has 5 rings (SSSR count). The van der Waals surface area contributed by atoms with E-state index < -0.39 is 0 Å². The quantitative estimate of drug-likeness (QED) is 0.532. The molecular weight excluding hydrogens is 416 g/mol. The summed E-state index contributed by atoms with van der Waals surface area (Å²) in [5.74, 6) is 1.09. The Morgan fingerprint density at radius 2 is 1.56 bits per heavy atom. The molecule has 0 unspecified atom stereocenters. The fourth-order valence-electron chi connectivity index (χ4n) is 4.80. The lowest BCUT2D eigenvalue weighted by molar-refractivity contribution is -0.129. The van der Waals surface area contributed by atoms with Gasteiger partial charge in [0.1, 0.15) is 0 Å². The summed E-state index contributed by atoms with van der Waals surface area (Å²) in [6.07, 6.45) is 5.19. The lowest BCUT2D eigenvalue weighted by atomic mass is 9.99. The van der Waals surface area contributed by atoms with Crippen molar-refractivity contribution in [3.63, 3.8) is 0 Å². The van der Waals surface area contributed by atoms with Crippen molar-refractivity contribution in [2.24, 2.45) is 0 Å². The van der Waals surface area contributed by atoms with E-state index in [2.05, 4.69) is 0 Å². The summed E-state index contributed by atoms with van der Waals surface area (Å²) in [7, 11) is 0. The van der Waals surface area contributed by atoms with Crippen molar-refractivity contribution in [3.05, 3.63) is 90.0 Å². The highest BCUT2D eigenvalue weighted by atomic mass is 32.2. The number of piperidine rings is 1. The normalized spacial score (nSPS) is 18.0. The van der Waals surface area contributed by atoms with Crippen LogP contribution in [0.2, 0.25) is 0 Å². The van der Waals surface area contributed by atoms with E-state index in [1.54, 1.807) is 6.08 Å². The molecule has 2 aliphatic heterocycles. The second-order valence-electron chi connectivity index (χ2n) is 8.35. The van der Waals surface area contributed by atoms with Gasteiger partial charge in [-0.3, -0.25) is 9.59 Å². The van der Waals surface area contributed by atoms with E-state index in [0.717, 1.165) is 47.0 Å². The number of thioether (sulfide) groups is 1.